The number of carbonyl (C=O) groups excluding carboxylic acids is 3. The Morgan fingerprint density at radius 3 is 2.24 bits per heavy atom. The molecule has 1 saturated heterocycles. The van der Waals surface area contributed by atoms with Crippen molar-refractivity contribution in [3.05, 3.63) is 29.8 Å². The Balaban J connectivity index is 1.72. The molecule has 1 aromatic rings. The van der Waals surface area contributed by atoms with Gasteiger partial charge in [0.15, 0.2) is 5.78 Å². The van der Waals surface area contributed by atoms with Gasteiger partial charge in [0, 0.05) is 50.4 Å². The molecule has 0 spiro atoms. The fourth-order valence-corrected chi connectivity index (χ4v) is 2.89. The second kappa shape index (κ2) is 9.05. The summed E-state index contributed by atoms with van der Waals surface area (Å²) < 4.78 is 0. The molecule has 0 unspecified atom stereocenters. The van der Waals surface area contributed by atoms with Crippen molar-refractivity contribution in [3.63, 3.8) is 0 Å². The van der Waals surface area contributed by atoms with Gasteiger partial charge in [0.2, 0.25) is 5.91 Å². The van der Waals surface area contributed by atoms with E-state index in [1.807, 2.05) is 29.2 Å². The topological polar surface area (TPSA) is 95.7 Å². The van der Waals surface area contributed by atoms with E-state index in [1.54, 1.807) is 6.92 Å². The monoisotopic (exact) mass is 346 g/mol. The molecule has 0 saturated carbocycles. The maximum atomic E-state index is 12.2. The number of nitrogens with zero attached hydrogens (tertiary/aromatic N) is 2. The zero-order valence-corrected chi connectivity index (χ0v) is 14.7. The van der Waals surface area contributed by atoms with Gasteiger partial charge in [-0.3, -0.25) is 9.59 Å². The van der Waals surface area contributed by atoms with Crippen LogP contribution in [0.15, 0.2) is 24.3 Å². The molecule has 0 atom stereocenters. The average Bonchev–Trinajstić information content (AvgIpc) is 2.61. The van der Waals surface area contributed by atoms with Crippen molar-refractivity contribution in [1.82, 2.24) is 10.2 Å². The summed E-state index contributed by atoms with van der Waals surface area (Å²) in [5.41, 5.74) is 6.78. The van der Waals surface area contributed by atoms with Gasteiger partial charge in [-0.2, -0.15) is 0 Å². The van der Waals surface area contributed by atoms with E-state index in [-0.39, 0.29) is 11.7 Å². The second-order valence-electron chi connectivity index (χ2n) is 6.22. The lowest BCUT2D eigenvalue weighted by Crippen LogP contribution is -2.48. The first-order valence-corrected chi connectivity index (χ1v) is 8.64. The average molecular weight is 346 g/mol. The molecule has 7 heteroatoms. The van der Waals surface area contributed by atoms with E-state index < -0.39 is 6.03 Å². The van der Waals surface area contributed by atoms with Crippen molar-refractivity contribution in [2.24, 2.45) is 5.73 Å². The van der Waals surface area contributed by atoms with Crippen LogP contribution in [0.3, 0.4) is 0 Å². The lowest BCUT2D eigenvalue weighted by molar-refractivity contribution is -0.131. The number of hydrogen-bond donors (Lipinski definition) is 2. The number of amides is 3. The van der Waals surface area contributed by atoms with Gasteiger partial charge in [0.1, 0.15) is 0 Å². The first kappa shape index (κ1) is 18.8. The Kier molecular flexibility index (Phi) is 6.80. The predicted molar refractivity (Wildman–Crippen MR) is 96.7 cm³/mol. The molecule has 0 radical (unpaired) electrons. The van der Waals surface area contributed by atoms with Crippen LogP contribution in [0, 0.1) is 0 Å². The van der Waals surface area contributed by atoms with E-state index in [0.29, 0.717) is 31.6 Å². The number of urea groups is 1. The van der Waals surface area contributed by atoms with Gasteiger partial charge in [-0.1, -0.05) is 0 Å². The molecule has 1 heterocycles. The number of rotatable bonds is 7. The van der Waals surface area contributed by atoms with Gasteiger partial charge in [-0.25, -0.2) is 4.79 Å². The maximum absolute atomic E-state index is 12.2. The van der Waals surface area contributed by atoms with Gasteiger partial charge < -0.3 is 20.9 Å². The number of piperazine rings is 1. The SMILES string of the molecule is CC(=O)c1ccc(N2CCN(C(=O)CCCCNC(N)=O)CC2)cc1. The smallest absolute Gasteiger partial charge is 0.312 e. The molecule has 136 valence electrons. The van der Waals surface area contributed by atoms with Crippen LogP contribution in [-0.4, -0.2) is 55.3 Å². The van der Waals surface area contributed by atoms with Gasteiger partial charge in [-0.15, -0.1) is 0 Å². The largest absolute Gasteiger partial charge is 0.368 e. The Bertz CT molecular complexity index is 607. The molecule has 1 aromatic carbocycles. The number of primary amides is 1. The molecular formula is C18H26N4O3. The highest BCUT2D eigenvalue weighted by Crippen LogP contribution is 2.18. The van der Waals surface area contributed by atoms with E-state index in [0.717, 1.165) is 31.6 Å². The van der Waals surface area contributed by atoms with Gasteiger partial charge in [0.05, 0.1) is 0 Å². The van der Waals surface area contributed by atoms with Crippen LogP contribution in [0.5, 0.6) is 0 Å². The summed E-state index contributed by atoms with van der Waals surface area (Å²) in [5, 5.41) is 2.52. The van der Waals surface area contributed by atoms with Gasteiger partial charge in [0.25, 0.3) is 0 Å². The molecule has 2 rings (SSSR count). The lowest BCUT2D eigenvalue weighted by atomic mass is 10.1. The summed E-state index contributed by atoms with van der Waals surface area (Å²) in [7, 11) is 0. The first-order valence-electron chi connectivity index (χ1n) is 8.64. The molecule has 0 bridgehead atoms. The predicted octanol–water partition coefficient (Wildman–Crippen LogP) is 1.38. The van der Waals surface area contributed by atoms with Crippen LogP contribution in [0.1, 0.15) is 36.5 Å². The zero-order valence-electron chi connectivity index (χ0n) is 14.7. The Labute approximate surface area is 148 Å². The van der Waals surface area contributed by atoms with Crippen LogP contribution in [0.4, 0.5) is 10.5 Å². The van der Waals surface area contributed by atoms with E-state index in [1.165, 1.54) is 0 Å². The molecule has 0 aliphatic carbocycles. The van der Waals surface area contributed by atoms with E-state index in [9.17, 15) is 14.4 Å². The lowest BCUT2D eigenvalue weighted by Gasteiger charge is -2.36. The summed E-state index contributed by atoms with van der Waals surface area (Å²) >= 11 is 0. The molecule has 0 aromatic heterocycles. The summed E-state index contributed by atoms with van der Waals surface area (Å²) in [4.78, 5) is 38.2. The molecular weight excluding hydrogens is 320 g/mol. The van der Waals surface area contributed by atoms with E-state index >= 15 is 0 Å². The van der Waals surface area contributed by atoms with Crippen LogP contribution in [0.25, 0.3) is 0 Å². The number of unbranched alkanes of at least 4 members (excludes halogenated alkanes) is 1. The van der Waals surface area contributed by atoms with Crippen molar-refractivity contribution in [3.8, 4) is 0 Å². The highest BCUT2D eigenvalue weighted by Gasteiger charge is 2.20. The van der Waals surface area contributed by atoms with Crippen molar-refractivity contribution < 1.29 is 14.4 Å². The standard InChI is InChI=1S/C18H26N4O3/c1-14(23)15-5-7-16(8-6-15)21-10-12-22(13-11-21)17(24)4-2-3-9-20-18(19)25/h5-8H,2-4,9-13H2,1H3,(H3,19,20,25). The van der Waals surface area contributed by atoms with Crippen LogP contribution in [-0.2, 0) is 4.79 Å². The zero-order chi connectivity index (χ0) is 18.2. The minimum Gasteiger partial charge on any atom is -0.368 e. The maximum Gasteiger partial charge on any atom is 0.312 e. The number of ketones is 1. The number of anilines is 1. The summed E-state index contributed by atoms with van der Waals surface area (Å²) in [5.74, 6) is 0.221. The van der Waals surface area contributed by atoms with E-state index in [4.69, 9.17) is 5.73 Å². The first-order chi connectivity index (χ1) is 12.0. The fraction of sp³-hybridized carbons (Fsp3) is 0.500. The van der Waals surface area contributed by atoms with E-state index in [2.05, 4.69) is 10.2 Å². The molecule has 25 heavy (non-hydrogen) atoms. The molecule has 3 amide bonds. The van der Waals surface area contributed by atoms with Crippen molar-refractivity contribution in [2.75, 3.05) is 37.6 Å². The summed E-state index contributed by atoms with van der Waals surface area (Å²) in [6, 6.07) is 7.07. The number of nitrogens with two attached hydrogens (primary N) is 1. The highest BCUT2D eigenvalue weighted by atomic mass is 16.2. The quantitative estimate of drug-likeness (QED) is 0.576. The van der Waals surface area contributed by atoms with Gasteiger partial charge in [-0.05, 0) is 44.0 Å². The fourth-order valence-electron chi connectivity index (χ4n) is 2.89. The third-order valence-electron chi connectivity index (χ3n) is 4.39. The molecule has 1 aliphatic heterocycles. The van der Waals surface area contributed by atoms with Crippen LogP contribution < -0.4 is 16.0 Å². The van der Waals surface area contributed by atoms with Crippen LogP contribution >= 0.6 is 0 Å². The highest BCUT2D eigenvalue weighted by molar-refractivity contribution is 5.94. The van der Waals surface area contributed by atoms with Gasteiger partial charge >= 0.3 is 6.03 Å². The molecule has 3 N–H and O–H groups in total. The minimum absolute atomic E-state index is 0.0630. The number of Topliss-reactive ketones (excluding diaryl/α,β-unsaturated/α-hetero) is 1. The number of carbonyl (C=O) groups is 3. The second-order valence-corrected chi connectivity index (χ2v) is 6.22. The Morgan fingerprint density at radius 2 is 1.68 bits per heavy atom. The Morgan fingerprint density at radius 1 is 1.04 bits per heavy atom. The summed E-state index contributed by atoms with van der Waals surface area (Å²) in [6.45, 7) is 5.04. The normalized spacial score (nSPS) is 14.3. The minimum atomic E-state index is -0.529. The third-order valence-corrected chi connectivity index (χ3v) is 4.39. The summed E-state index contributed by atoms with van der Waals surface area (Å²) in [6.07, 6.45) is 1.98. The number of nitrogens with one attached hydrogen (secondary N) is 1. The number of hydrogen-bond acceptors (Lipinski definition) is 4. The molecule has 7 nitrogen and oxygen atoms in total. The van der Waals surface area contributed by atoms with Crippen molar-refractivity contribution >= 4 is 23.4 Å². The molecule has 1 fully saturated rings. The third kappa shape index (κ3) is 5.77. The van der Waals surface area contributed by atoms with Crippen molar-refractivity contribution in [1.29, 1.82) is 0 Å². The Hall–Kier alpha value is -2.57. The molecule has 1 aliphatic rings. The number of benzene rings is 1. The van der Waals surface area contributed by atoms with Crippen molar-refractivity contribution in [2.45, 2.75) is 26.2 Å². The van der Waals surface area contributed by atoms with Crippen LogP contribution in [0.2, 0.25) is 0 Å².